The molecule has 3 saturated heterocycles. The largest absolute Gasteiger partial charge is 0.466 e. The monoisotopic (exact) mass is 524 g/mol. The number of hydrogen-bond donors (Lipinski definition) is 2. The first-order valence-electron chi connectivity index (χ1n) is 11.2. The molecule has 32 heavy (non-hydrogen) atoms. The van der Waals surface area contributed by atoms with Gasteiger partial charge in [-0.15, -0.1) is 11.8 Å². The molecule has 3 fully saturated rings. The zero-order valence-electron chi connectivity index (χ0n) is 18.0. The molecule has 3 unspecified atom stereocenters. The van der Waals surface area contributed by atoms with Gasteiger partial charge in [0, 0.05) is 29.8 Å². The highest BCUT2D eigenvalue weighted by Crippen LogP contribution is 2.67. The van der Waals surface area contributed by atoms with Gasteiger partial charge in [0.2, 0.25) is 11.8 Å². The van der Waals surface area contributed by atoms with Crippen molar-refractivity contribution >= 4 is 45.5 Å². The lowest BCUT2D eigenvalue weighted by Crippen LogP contribution is -2.54. The Morgan fingerprint density at radius 2 is 2.06 bits per heavy atom. The zero-order chi connectivity index (χ0) is 22.9. The van der Waals surface area contributed by atoms with Crippen LogP contribution >= 0.6 is 27.7 Å². The minimum atomic E-state index is -0.659. The number of carbonyl (C=O) groups excluding carboxylic acids is 3. The second-order valence-corrected chi connectivity index (χ2v) is 11.3. The summed E-state index contributed by atoms with van der Waals surface area (Å²) in [6.45, 7) is 2.82. The summed E-state index contributed by atoms with van der Waals surface area (Å²) < 4.78 is 4.68. The number of hydrogen-bond acceptors (Lipinski definition) is 6. The van der Waals surface area contributed by atoms with Crippen LogP contribution in [0.25, 0.3) is 0 Å². The lowest BCUT2D eigenvalue weighted by Gasteiger charge is -2.35. The van der Waals surface area contributed by atoms with Gasteiger partial charge >= 0.3 is 5.97 Å². The molecule has 1 spiro atoms. The zero-order valence-corrected chi connectivity index (χ0v) is 20.4. The minimum absolute atomic E-state index is 0.0349. The highest BCUT2D eigenvalue weighted by atomic mass is 79.9. The number of ether oxygens (including phenoxy) is 1. The Hall–Kier alpha value is -1.58. The van der Waals surface area contributed by atoms with Gasteiger partial charge in [-0.25, -0.2) is 0 Å². The molecule has 174 valence electrons. The Balaban J connectivity index is 1.63. The summed E-state index contributed by atoms with van der Waals surface area (Å²) in [4.78, 5) is 41.7. The topological polar surface area (TPSA) is 95.9 Å². The fourth-order valence-electron chi connectivity index (χ4n) is 5.45. The maximum atomic E-state index is 13.6. The predicted octanol–water partition coefficient (Wildman–Crippen LogP) is 2.10. The average molecular weight is 525 g/mol. The molecule has 6 atom stereocenters. The van der Waals surface area contributed by atoms with Crippen LogP contribution in [-0.4, -0.2) is 68.4 Å². The Kier molecular flexibility index (Phi) is 7.17. The summed E-state index contributed by atoms with van der Waals surface area (Å²) in [5.41, 5.74) is 0.984. The van der Waals surface area contributed by atoms with Gasteiger partial charge < -0.3 is 20.1 Å². The number of alkyl halides is 1. The molecule has 0 radical (unpaired) electrons. The number of nitrogens with one attached hydrogen (secondary N) is 1. The highest BCUT2D eigenvalue weighted by Gasteiger charge is 2.75. The number of aliphatic hydroxyl groups is 1. The normalized spacial score (nSPS) is 32.8. The van der Waals surface area contributed by atoms with E-state index in [2.05, 4.69) is 21.2 Å². The van der Waals surface area contributed by atoms with Crippen molar-refractivity contribution in [1.29, 1.82) is 0 Å². The van der Waals surface area contributed by atoms with Gasteiger partial charge in [0.25, 0.3) is 0 Å². The summed E-state index contributed by atoms with van der Waals surface area (Å²) in [5.74, 6) is -1.80. The summed E-state index contributed by atoms with van der Waals surface area (Å²) in [7, 11) is 0. The molecule has 2 amide bonds. The molecule has 7 nitrogen and oxygen atoms in total. The van der Waals surface area contributed by atoms with Gasteiger partial charge in [-0.05, 0) is 31.7 Å². The molecular formula is C23H29BrN2O5S. The molecule has 2 bridgehead atoms. The molecular weight excluding hydrogens is 496 g/mol. The summed E-state index contributed by atoms with van der Waals surface area (Å²) in [5, 5.41) is 12.1. The quantitative estimate of drug-likeness (QED) is 0.291. The Morgan fingerprint density at radius 3 is 2.75 bits per heavy atom. The van der Waals surface area contributed by atoms with Gasteiger partial charge in [0.05, 0.1) is 23.2 Å². The maximum Gasteiger partial charge on any atom is 0.310 e. The summed E-state index contributed by atoms with van der Waals surface area (Å²) in [6, 6.07) is 9.00. The predicted molar refractivity (Wildman–Crippen MR) is 125 cm³/mol. The van der Waals surface area contributed by atoms with Crippen molar-refractivity contribution in [2.24, 2.45) is 11.8 Å². The number of unbranched alkanes of at least 4 members (excludes halogenated alkanes) is 1. The second kappa shape index (κ2) is 9.73. The van der Waals surface area contributed by atoms with E-state index in [1.165, 1.54) is 0 Å². The number of halogens is 1. The molecule has 9 heteroatoms. The van der Waals surface area contributed by atoms with Crippen LogP contribution in [0.15, 0.2) is 30.3 Å². The number of aliphatic hydroxyl groups excluding tert-OH is 1. The van der Waals surface area contributed by atoms with Crippen LogP contribution < -0.4 is 5.32 Å². The van der Waals surface area contributed by atoms with Gasteiger partial charge in [-0.1, -0.05) is 46.3 Å². The van der Waals surface area contributed by atoms with Crippen molar-refractivity contribution in [2.45, 2.75) is 53.6 Å². The van der Waals surface area contributed by atoms with E-state index >= 15 is 0 Å². The third-order valence-electron chi connectivity index (χ3n) is 6.71. The van der Waals surface area contributed by atoms with Crippen molar-refractivity contribution in [3.8, 4) is 0 Å². The van der Waals surface area contributed by atoms with E-state index in [1.54, 1.807) is 23.6 Å². The van der Waals surface area contributed by atoms with Crippen molar-refractivity contribution in [1.82, 2.24) is 10.2 Å². The van der Waals surface area contributed by atoms with Crippen LogP contribution in [0.5, 0.6) is 0 Å². The maximum absolute atomic E-state index is 13.6. The molecule has 1 aromatic carbocycles. The van der Waals surface area contributed by atoms with E-state index in [4.69, 9.17) is 4.74 Å². The second-order valence-electron chi connectivity index (χ2n) is 8.58. The third kappa shape index (κ3) is 3.96. The van der Waals surface area contributed by atoms with E-state index < -0.39 is 22.6 Å². The molecule has 1 aromatic rings. The lowest BCUT2D eigenvalue weighted by atomic mass is 9.71. The van der Waals surface area contributed by atoms with Crippen molar-refractivity contribution < 1.29 is 24.2 Å². The SMILES string of the molecule is CCOC(=O)[C@H]1[C@@H]2SC3(CC2Br)C(C(=O)NCc2ccccc2)N(CCCCO)C(=O)[C@H]13. The Morgan fingerprint density at radius 1 is 1.31 bits per heavy atom. The number of thioether (sulfide) groups is 1. The number of rotatable bonds is 9. The van der Waals surface area contributed by atoms with Crippen molar-refractivity contribution in [3.63, 3.8) is 0 Å². The van der Waals surface area contributed by atoms with Gasteiger partial charge in [-0.3, -0.25) is 14.4 Å². The number of nitrogens with zero attached hydrogens (tertiary/aromatic N) is 1. The molecule has 0 aliphatic carbocycles. The molecule has 3 aliphatic rings. The lowest BCUT2D eigenvalue weighted by molar-refractivity contribution is -0.153. The van der Waals surface area contributed by atoms with Gasteiger partial charge in [-0.2, -0.15) is 0 Å². The molecule has 2 N–H and O–H groups in total. The first-order chi connectivity index (χ1) is 15.4. The van der Waals surface area contributed by atoms with E-state index in [1.807, 2.05) is 30.3 Å². The van der Waals surface area contributed by atoms with E-state index in [0.717, 1.165) is 5.56 Å². The number of amides is 2. The molecule has 0 saturated carbocycles. The number of fused-ring (bicyclic) bond motifs is 1. The summed E-state index contributed by atoms with van der Waals surface area (Å²) in [6.07, 6.45) is 1.80. The van der Waals surface area contributed by atoms with E-state index in [-0.39, 0.29) is 41.1 Å². The van der Waals surface area contributed by atoms with Crippen LogP contribution in [-0.2, 0) is 25.7 Å². The molecule has 4 rings (SSSR count). The summed E-state index contributed by atoms with van der Waals surface area (Å²) >= 11 is 5.32. The average Bonchev–Trinajstić information content (AvgIpc) is 3.37. The number of carbonyl (C=O) groups is 3. The van der Waals surface area contributed by atoms with E-state index in [0.29, 0.717) is 32.4 Å². The first kappa shape index (κ1) is 23.6. The Labute approximate surface area is 200 Å². The van der Waals surface area contributed by atoms with E-state index in [9.17, 15) is 19.5 Å². The molecule has 3 aliphatic heterocycles. The van der Waals surface area contributed by atoms with Crippen LogP contribution in [0, 0.1) is 11.8 Å². The Bertz CT molecular complexity index is 871. The first-order valence-corrected chi connectivity index (χ1v) is 13.0. The number of benzene rings is 1. The van der Waals surface area contributed by atoms with Crippen LogP contribution in [0.2, 0.25) is 0 Å². The molecule has 0 aromatic heterocycles. The third-order valence-corrected chi connectivity index (χ3v) is 9.93. The van der Waals surface area contributed by atoms with Gasteiger partial charge in [0.15, 0.2) is 0 Å². The van der Waals surface area contributed by atoms with Gasteiger partial charge in [0.1, 0.15) is 6.04 Å². The van der Waals surface area contributed by atoms with Crippen LogP contribution in [0.1, 0.15) is 31.7 Å². The van der Waals surface area contributed by atoms with Crippen LogP contribution in [0.4, 0.5) is 0 Å². The molecule has 3 heterocycles. The standard InChI is InChI=1S/C23H29BrN2O5S/c1-2-31-22(30)16-17-21(29)26(10-6-7-11-27)19(23(17)12-15(24)18(16)32-23)20(28)25-13-14-8-4-3-5-9-14/h3-5,8-9,15-19,27H,2,6-7,10-13H2,1H3,(H,25,28)/t15?,16-,17+,18-,19?,23?/m1/s1. The fraction of sp³-hybridized carbons (Fsp3) is 0.609. The van der Waals surface area contributed by atoms with Crippen LogP contribution in [0.3, 0.4) is 0 Å². The smallest absolute Gasteiger partial charge is 0.310 e. The fourth-order valence-corrected chi connectivity index (χ4v) is 9.05. The van der Waals surface area contributed by atoms with Crippen molar-refractivity contribution in [3.05, 3.63) is 35.9 Å². The highest BCUT2D eigenvalue weighted by molar-refractivity contribution is 9.09. The minimum Gasteiger partial charge on any atom is -0.466 e. The number of esters is 1. The van der Waals surface area contributed by atoms with Crippen molar-refractivity contribution in [2.75, 3.05) is 19.8 Å². The number of likely N-dealkylation sites (tertiary alicyclic amines) is 1.